The van der Waals surface area contributed by atoms with Gasteiger partial charge in [-0.1, -0.05) is 24.9 Å². The second-order valence-electron chi connectivity index (χ2n) is 6.90. The fourth-order valence-corrected chi connectivity index (χ4v) is 3.80. The maximum absolute atomic E-state index is 12.7. The third-order valence-corrected chi connectivity index (χ3v) is 5.37. The Balaban J connectivity index is 1.54. The Labute approximate surface area is 163 Å². The predicted molar refractivity (Wildman–Crippen MR) is 102 cm³/mol. The van der Waals surface area contributed by atoms with Crippen LogP contribution in [-0.4, -0.2) is 34.8 Å². The van der Waals surface area contributed by atoms with Gasteiger partial charge in [0.05, 0.1) is 12.8 Å². The Bertz CT molecular complexity index is 779. The molecule has 0 unspecified atom stereocenters. The summed E-state index contributed by atoms with van der Waals surface area (Å²) < 4.78 is 5.23. The standard InChI is InChI=1S/C20H24ClN3O3/c1-2-14-13-24(20(26)16-5-7-22-18(21)10-16)8-6-15(14)11-19(25)23-12-17-4-3-9-27-17/h3-5,7,9-10,14-15H,2,6,8,11-13H2,1H3,(H,23,25)/t14-,15-/m0/s1. The molecule has 2 atom stereocenters. The van der Waals surface area contributed by atoms with Gasteiger partial charge in [-0.25, -0.2) is 4.98 Å². The molecule has 1 aliphatic rings. The molecular weight excluding hydrogens is 366 g/mol. The van der Waals surface area contributed by atoms with Crippen molar-refractivity contribution in [2.24, 2.45) is 11.8 Å². The van der Waals surface area contributed by atoms with Gasteiger partial charge in [-0.2, -0.15) is 0 Å². The summed E-state index contributed by atoms with van der Waals surface area (Å²) in [5.74, 6) is 1.31. The second kappa shape index (κ2) is 9.04. The van der Waals surface area contributed by atoms with E-state index in [1.54, 1.807) is 30.7 Å². The zero-order chi connectivity index (χ0) is 19.2. The van der Waals surface area contributed by atoms with E-state index in [-0.39, 0.29) is 17.7 Å². The second-order valence-corrected chi connectivity index (χ2v) is 7.28. The van der Waals surface area contributed by atoms with Gasteiger partial charge in [0.2, 0.25) is 5.91 Å². The topological polar surface area (TPSA) is 75.4 Å². The highest BCUT2D eigenvalue weighted by molar-refractivity contribution is 6.29. The average molecular weight is 390 g/mol. The summed E-state index contributed by atoms with van der Waals surface area (Å²) in [5.41, 5.74) is 0.555. The smallest absolute Gasteiger partial charge is 0.254 e. The van der Waals surface area contributed by atoms with Crippen LogP contribution in [0.25, 0.3) is 0 Å². The van der Waals surface area contributed by atoms with Gasteiger partial charge >= 0.3 is 0 Å². The molecule has 2 aromatic rings. The number of carbonyl (C=O) groups is 2. The van der Waals surface area contributed by atoms with Crippen LogP contribution in [0.1, 0.15) is 42.3 Å². The number of pyridine rings is 1. The number of halogens is 1. The molecule has 0 saturated carbocycles. The number of hydrogen-bond donors (Lipinski definition) is 1. The molecular formula is C20H24ClN3O3. The molecule has 0 aliphatic carbocycles. The lowest BCUT2D eigenvalue weighted by atomic mass is 9.81. The van der Waals surface area contributed by atoms with Crippen LogP contribution in [0.5, 0.6) is 0 Å². The van der Waals surface area contributed by atoms with Crippen LogP contribution < -0.4 is 5.32 Å². The van der Waals surface area contributed by atoms with E-state index in [0.29, 0.717) is 42.7 Å². The number of furan rings is 1. The maximum atomic E-state index is 12.7. The number of piperidine rings is 1. The fourth-order valence-electron chi connectivity index (χ4n) is 3.62. The highest BCUT2D eigenvalue weighted by Crippen LogP contribution is 2.30. The summed E-state index contributed by atoms with van der Waals surface area (Å²) in [7, 11) is 0. The first kappa shape index (κ1) is 19.4. The van der Waals surface area contributed by atoms with Gasteiger partial charge in [0.1, 0.15) is 10.9 Å². The molecule has 27 heavy (non-hydrogen) atoms. The number of hydrogen-bond acceptors (Lipinski definition) is 4. The van der Waals surface area contributed by atoms with Crippen molar-refractivity contribution in [3.05, 3.63) is 53.2 Å². The Morgan fingerprint density at radius 2 is 2.22 bits per heavy atom. The first-order valence-corrected chi connectivity index (χ1v) is 9.64. The molecule has 1 fully saturated rings. The van der Waals surface area contributed by atoms with Crippen LogP contribution in [0.3, 0.4) is 0 Å². The largest absolute Gasteiger partial charge is 0.467 e. The summed E-state index contributed by atoms with van der Waals surface area (Å²) in [6.07, 6.45) is 5.36. The molecule has 0 aromatic carbocycles. The monoisotopic (exact) mass is 389 g/mol. The molecule has 2 amide bonds. The van der Waals surface area contributed by atoms with E-state index in [1.807, 2.05) is 11.0 Å². The zero-order valence-electron chi connectivity index (χ0n) is 15.4. The number of amides is 2. The number of carbonyl (C=O) groups excluding carboxylic acids is 2. The minimum absolute atomic E-state index is 0.0237. The molecule has 3 rings (SSSR count). The van der Waals surface area contributed by atoms with Gasteiger partial charge in [-0.15, -0.1) is 0 Å². The van der Waals surface area contributed by atoms with E-state index in [0.717, 1.165) is 18.6 Å². The van der Waals surface area contributed by atoms with Crippen LogP contribution in [0.2, 0.25) is 5.15 Å². The number of nitrogens with one attached hydrogen (secondary N) is 1. The van der Waals surface area contributed by atoms with E-state index in [9.17, 15) is 9.59 Å². The molecule has 3 heterocycles. The number of nitrogens with zero attached hydrogens (tertiary/aromatic N) is 2. The fraction of sp³-hybridized carbons (Fsp3) is 0.450. The molecule has 0 bridgehead atoms. The third-order valence-electron chi connectivity index (χ3n) is 5.16. The summed E-state index contributed by atoms with van der Waals surface area (Å²) in [4.78, 5) is 30.8. The third kappa shape index (κ3) is 5.10. The van der Waals surface area contributed by atoms with E-state index in [4.69, 9.17) is 16.0 Å². The van der Waals surface area contributed by atoms with Gasteiger partial charge in [0.25, 0.3) is 5.91 Å². The molecule has 1 saturated heterocycles. The molecule has 1 aliphatic heterocycles. The number of aromatic nitrogens is 1. The van der Waals surface area contributed by atoms with Gasteiger partial charge < -0.3 is 14.6 Å². The molecule has 7 heteroatoms. The van der Waals surface area contributed by atoms with Gasteiger partial charge in [0.15, 0.2) is 0 Å². The van der Waals surface area contributed by atoms with E-state index in [2.05, 4.69) is 17.2 Å². The molecule has 0 radical (unpaired) electrons. The van der Waals surface area contributed by atoms with E-state index >= 15 is 0 Å². The van der Waals surface area contributed by atoms with Crippen molar-refractivity contribution in [2.45, 2.75) is 32.7 Å². The summed E-state index contributed by atoms with van der Waals surface area (Å²) in [6, 6.07) is 6.92. The molecule has 1 N–H and O–H groups in total. The SMILES string of the molecule is CC[C@H]1CN(C(=O)c2ccnc(Cl)c2)CC[C@H]1CC(=O)NCc1ccco1. The van der Waals surface area contributed by atoms with E-state index < -0.39 is 0 Å². The van der Waals surface area contributed by atoms with Crippen LogP contribution in [0, 0.1) is 11.8 Å². The predicted octanol–water partition coefficient (Wildman–Crippen LogP) is 3.52. The van der Waals surface area contributed by atoms with Gasteiger partial charge in [0, 0.05) is 31.3 Å². The van der Waals surface area contributed by atoms with E-state index in [1.165, 1.54) is 0 Å². The van der Waals surface area contributed by atoms with Crippen molar-refractivity contribution in [1.29, 1.82) is 0 Å². The van der Waals surface area contributed by atoms with Crippen molar-refractivity contribution in [3.63, 3.8) is 0 Å². The maximum Gasteiger partial charge on any atom is 0.254 e. The van der Waals surface area contributed by atoms with Crippen molar-refractivity contribution < 1.29 is 14.0 Å². The lowest BCUT2D eigenvalue weighted by molar-refractivity contribution is -0.123. The Hall–Kier alpha value is -2.34. The minimum Gasteiger partial charge on any atom is -0.467 e. The minimum atomic E-state index is -0.0292. The quantitative estimate of drug-likeness (QED) is 0.767. The molecule has 6 nitrogen and oxygen atoms in total. The highest BCUT2D eigenvalue weighted by atomic mass is 35.5. The van der Waals surface area contributed by atoms with Crippen molar-refractivity contribution in [1.82, 2.24) is 15.2 Å². The summed E-state index contributed by atoms with van der Waals surface area (Å²) in [5, 5.41) is 3.22. The summed E-state index contributed by atoms with van der Waals surface area (Å²) in [6.45, 7) is 3.81. The normalized spacial score (nSPS) is 19.7. The van der Waals surface area contributed by atoms with Crippen molar-refractivity contribution >= 4 is 23.4 Å². The Morgan fingerprint density at radius 1 is 1.37 bits per heavy atom. The molecule has 0 spiro atoms. The van der Waals surface area contributed by atoms with Crippen molar-refractivity contribution in [2.75, 3.05) is 13.1 Å². The zero-order valence-corrected chi connectivity index (χ0v) is 16.1. The molecule has 144 valence electrons. The van der Waals surface area contributed by atoms with Crippen LogP contribution >= 0.6 is 11.6 Å². The Kier molecular flexibility index (Phi) is 6.50. The summed E-state index contributed by atoms with van der Waals surface area (Å²) >= 11 is 5.90. The highest BCUT2D eigenvalue weighted by Gasteiger charge is 2.32. The molecule has 2 aromatic heterocycles. The lowest BCUT2D eigenvalue weighted by Crippen LogP contribution is -2.44. The van der Waals surface area contributed by atoms with Gasteiger partial charge in [-0.05, 0) is 42.5 Å². The van der Waals surface area contributed by atoms with Gasteiger partial charge in [-0.3, -0.25) is 9.59 Å². The van der Waals surface area contributed by atoms with Crippen LogP contribution in [0.15, 0.2) is 41.1 Å². The first-order chi connectivity index (χ1) is 13.1. The van der Waals surface area contributed by atoms with Crippen LogP contribution in [0.4, 0.5) is 0 Å². The number of rotatable bonds is 6. The van der Waals surface area contributed by atoms with Crippen LogP contribution in [-0.2, 0) is 11.3 Å². The number of likely N-dealkylation sites (tertiary alicyclic amines) is 1. The Morgan fingerprint density at radius 3 is 2.93 bits per heavy atom. The lowest BCUT2D eigenvalue weighted by Gasteiger charge is -2.38. The first-order valence-electron chi connectivity index (χ1n) is 9.26. The van der Waals surface area contributed by atoms with Crippen molar-refractivity contribution in [3.8, 4) is 0 Å². The average Bonchev–Trinajstić information content (AvgIpc) is 3.20.